The number of amides is 1. The highest BCUT2D eigenvalue weighted by Gasteiger charge is 2.32. The number of nitrogens with zero attached hydrogens (tertiary/aromatic N) is 1. The Bertz CT molecular complexity index is 1020. The summed E-state index contributed by atoms with van der Waals surface area (Å²) in [5.41, 5.74) is 4.56. The third kappa shape index (κ3) is 5.36. The summed E-state index contributed by atoms with van der Waals surface area (Å²) in [6, 6.07) is 13.3. The van der Waals surface area contributed by atoms with Gasteiger partial charge in [0, 0.05) is 19.0 Å². The molecule has 2 aromatic carbocycles. The maximum Gasteiger partial charge on any atom is 0.243 e. The molecule has 168 valence electrons. The van der Waals surface area contributed by atoms with Crippen molar-refractivity contribution in [3.05, 3.63) is 64.7 Å². The van der Waals surface area contributed by atoms with E-state index >= 15 is 0 Å². The minimum atomic E-state index is -3.53. The Balaban J connectivity index is 1.60. The lowest BCUT2D eigenvalue weighted by Crippen LogP contribution is -2.43. The first kappa shape index (κ1) is 23.5. The topological polar surface area (TPSA) is 66.5 Å². The molecule has 0 radical (unpaired) electrons. The molecule has 0 bridgehead atoms. The van der Waals surface area contributed by atoms with Gasteiger partial charge >= 0.3 is 0 Å². The van der Waals surface area contributed by atoms with Crippen molar-refractivity contribution < 1.29 is 13.2 Å². The number of rotatable bonds is 6. The van der Waals surface area contributed by atoms with Crippen LogP contribution < -0.4 is 5.32 Å². The van der Waals surface area contributed by atoms with Gasteiger partial charge in [-0.1, -0.05) is 49.7 Å². The van der Waals surface area contributed by atoms with Gasteiger partial charge in [-0.05, 0) is 68.4 Å². The van der Waals surface area contributed by atoms with Crippen LogP contribution >= 0.6 is 0 Å². The van der Waals surface area contributed by atoms with Gasteiger partial charge in [0.2, 0.25) is 15.9 Å². The van der Waals surface area contributed by atoms with Gasteiger partial charge in [-0.15, -0.1) is 0 Å². The highest BCUT2D eigenvalue weighted by atomic mass is 32.2. The van der Waals surface area contributed by atoms with E-state index in [1.165, 1.54) is 9.87 Å². The summed E-state index contributed by atoms with van der Waals surface area (Å²) in [6.07, 6.45) is 1.07. The van der Waals surface area contributed by atoms with Crippen LogP contribution in [0.1, 0.15) is 67.8 Å². The van der Waals surface area contributed by atoms with E-state index in [1.54, 1.807) is 12.1 Å². The van der Waals surface area contributed by atoms with E-state index in [1.807, 2.05) is 26.0 Å². The molecule has 5 nitrogen and oxygen atoms in total. The number of benzene rings is 2. The number of carbonyl (C=O) groups is 1. The molecule has 1 fully saturated rings. The number of nitrogens with one attached hydrogen (secondary N) is 1. The maximum atomic E-state index is 13.0. The van der Waals surface area contributed by atoms with Crippen LogP contribution in [0.3, 0.4) is 0 Å². The predicted molar refractivity (Wildman–Crippen MR) is 124 cm³/mol. The van der Waals surface area contributed by atoms with Crippen LogP contribution in [-0.4, -0.2) is 31.7 Å². The third-order valence-electron chi connectivity index (χ3n) is 6.27. The lowest BCUT2D eigenvalue weighted by molar-refractivity contribution is -0.126. The van der Waals surface area contributed by atoms with Crippen molar-refractivity contribution in [3.63, 3.8) is 0 Å². The van der Waals surface area contributed by atoms with E-state index in [-0.39, 0.29) is 17.9 Å². The van der Waals surface area contributed by atoms with Crippen molar-refractivity contribution in [2.75, 3.05) is 13.1 Å². The zero-order valence-electron chi connectivity index (χ0n) is 19.2. The van der Waals surface area contributed by atoms with Crippen LogP contribution in [-0.2, 0) is 14.8 Å². The molecule has 31 heavy (non-hydrogen) atoms. The maximum absolute atomic E-state index is 13.0. The van der Waals surface area contributed by atoms with E-state index < -0.39 is 10.0 Å². The average Bonchev–Trinajstić information content (AvgIpc) is 2.75. The van der Waals surface area contributed by atoms with Gasteiger partial charge < -0.3 is 5.32 Å². The summed E-state index contributed by atoms with van der Waals surface area (Å²) < 4.78 is 27.5. The van der Waals surface area contributed by atoms with Gasteiger partial charge in [-0.2, -0.15) is 4.31 Å². The average molecular weight is 443 g/mol. The third-order valence-corrected chi connectivity index (χ3v) is 8.18. The highest BCUT2D eigenvalue weighted by Crippen LogP contribution is 2.26. The Morgan fingerprint density at radius 2 is 1.61 bits per heavy atom. The number of hydrogen-bond acceptors (Lipinski definition) is 3. The van der Waals surface area contributed by atoms with Crippen LogP contribution in [0.2, 0.25) is 0 Å². The van der Waals surface area contributed by atoms with Gasteiger partial charge in [0.25, 0.3) is 0 Å². The fourth-order valence-corrected chi connectivity index (χ4v) is 5.64. The first-order chi connectivity index (χ1) is 14.6. The summed E-state index contributed by atoms with van der Waals surface area (Å²) >= 11 is 0. The van der Waals surface area contributed by atoms with E-state index in [4.69, 9.17) is 0 Å². The Morgan fingerprint density at radius 1 is 1.00 bits per heavy atom. The number of aryl methyl sites for hydroxylation is 2. The lowest BCUT2D eigenvalue weighted by Gasteiger charge is -2.31. The fourth-order valence-electron chi connectivity index (χ4n) is 4.17. The molecular formula is C25H34N2O3S. The van der Waals surface area contributed by atoms with Crippen LogP contribution in [0, 0.1) is 19.8 Å². The minimum absolute atomic E-state index is 0.00624. The Morgan fingerprint density at radius 3 is 2.19 bits per heavy atom. The summed E-state index contributed by atoms with van der Waals surface area (Å²) in [5, 5.41) is 3.13. The summed E-state index contributed by atoms with van der Waals surface area (Å²) in [4.78, 5) is 13.1. The molecule has 0 aromatic heterocycles. The minimum Gasteiger partial charge on any atom is -0.349 e. The zero-order valence-corrected chi connectivity index (χ0v) is 20.0. The predicted octanol–water partition coefficient (Wildman–Crippen LogP) is 4.70. The van der Waals surface area contributed by atoms with Crippen LogP contribution in [0.5, 0.6) is 0 Å². The highest BCUT2D eigenvalue weighted by molar-refractivity contribution is 7.89. The lowest BCUT2D eigenvalue weighted by atomic mass is 9.95. The quantitative estimate of drug-likeness (QED) is 0.705. The second-order valence-electron chi connectivity index (χ2n) is 8.99. The molecule has 1 amide bonds. The monoisotopic (exact) mass is 442 g/mol. The van der Waals surface area contributed by atoms with Crippen LogP contribution in [0.4, 0.5) is 0 Å². The molecule has 1 heterocycles. The molecule has 1 aliphatic heterocycles. The number of sulfonamides is 1. The molecule has 1 aliphatic rings. The normalized spacial score (nSPS) is 17.0. The number of hydrogen-bond donors (Lipinski definition) is 1. The fraction of sp³-hybridized carbons (Fsp3) is 0.480. The second kappa shape index (κ2) is 9.53. The van der Waals surface area contributed by atoms with Crippen LogP contribution in [0.25, 0.3) is 0 Å². The Hall–Kier alpha value is -2.18. The van der Waals surface area contributed by atoms with E-state index in [9.17, 15) is 13.2 Å². The van der Waals surface area contributed by atoms with Gasteiger partial charge in [0.05, 0.1) is 10.9 Å². The summed E-state index contributed by atoms with van der Waals surface area (Å²) in [5.74, 6) is 0.200. The van der Waals surface area contributed by atoms with Gasteiger partial charge in [0.1, 0.15) is 0 Å². The van der Waals surface area contributed by atoms with E-state index in [0.717, 1.165) is 16.7 Å². The van der Waals surface area contributed by atoms with Crippen molar-refractivity contribution >= 4 is 15.9 Å². The summed E-state index contributed by atoms with van der Waals surface area (Å²) in [6.45, 7) is 11.0. The molecule has 1 N–H and O–H groups in total. The molecule has 0 aliphatic carbocycles. The SMILES string of the molecule is Cc1ccc(C)c(C(C)NC(=O)C2CCN(S(=O)(=O)c3ccc(C(C)C)cc3)CC2)c1. The number of carbonyl (C=O) groups excluding carboxylic acids is 1. The Labute approximate surface area is 186 Å². The largest absolute Gasteiger partial charge is 0.349 e. The molecule has 1 atom stereocenters. The molecule has 1 unspecified atom stereocenters. The molecule has 3 rings (SSSR count). The molecule has 0 spiro atoms. The molecule has 1 saturated heterocycles. The smallest absolute Gasteiger partial charge is 0.243 e. The Kier molecular flexibility index (Phi) is 7.22. The van der Waals surface area contributed by atoms with Crippen LogP contribution in [0.15, 0.2) is 47.4 Å². The van der Waals surface area contributed by atoms with Gasteiger partial charge in [-0.3, -0.25) is 4.79 Å². The second-order valence-corrected chi connectivity index (χ2v) is 10.9. The van der Waals surface area contributed by atoms with Crippen molar-refractivity contribution in [2.45, 2.75) is 64.3 Å². The van der Waals surface area contributed by atoms with Gasteiger partial charge in [-0.25, -0.2) is 8.42 Å². The van der Waals surface area contributed by atoms with Crippen molar-refractivity contribution in [1.29, 1.82) is 0 Å². The molecule has 2 aromatic rings. The first-order valence-corrected chi connectivity index (χ1v) is 12.5. The van der Waals surface area contributed by atoms with E-state index in [0.29, 0.717) is 36.7 Å². The van der Waals surface area contributed by atoms with E-state index in [2.05, 4.69) is 44.3 Å². The zero-order chi connectivity index (χ0) is 22.8. The van der Waals surface area contributed by atoms with Gasteiger partial charge in [0.15, 0.2) is 0 Å². The standard InChI is InChI=1S/C25H34N2O3S/c1-17(2)21-8-10-23(11-9-21)31(29,30)27-14-12-22(13-15-27)25(28)26-20(5)24-16-18(3)6-7-19(24)4/h6-11,16-17,20,22H,12-15H2,1-5H3,(H,26,28). The van der Waals surface area contributed by atoms with Crippen molar-refractivity contribution in [2.24, 2.45) is 5.92 Å². The number of piperidine rings is 1. The molecule has 6 heteroatoms. The van der Waals surface area contributed by atoms with Crippen molar-refractivity contribution in [1.82, 2.24) is 9.62 Å². The molecular weight excluding hydrogens is 408 g/mol. The summed E-state index contributed by atoms with van der Waals surface area (Å²) in [7, 11) is -3.53. The van der Waals surface area contributed by atoms with Crippen molar-refractivity contribution in [3.8, 4) is 0 Å². The molecule has 0 saturated carbocycles. The first-order valence-electron chi connectivity index (χ1n) is 11.1.